The molecule has 1 atom stereocenters. The van der Waals surface area contributed by atoms with Gasteiger partial charge in [-0.05, 0) is 19.2 Å². The third kappa shape index (κ3) is 3.55. The highest BCUT2D eigenvalue weighted by Crippen LogP contribution is 2.14. The first kappa shape index (κ1) is 13.5. The molecule has 0 bridgehead atoms. The van der Waals surface area contributed by atoms with E-state index in [1.165, 1.54) is 38.3 Å². The zero-order chi connectivity index (χ0) is 12.8. The molecule has 1 aromatic carbocycles. The lowest BCUT2D eigenvalue weighted by atomic mass is 10.1. The molecule has 1 aliphatic heterocycles. The number of hydrogen-bond donors (Lipinski definition) is 1. The number of nitrogens with zero attached hydrogens (tertiary/aromatic N) is 2. The Morgan fingerprint density at radius 3 is 2.22 bits per heavy atom. The van der Waals surface area contributed by atoms with E-state index < -0.39 is 0 Å². The van der Waals surface area contributed by atoms with Crippen molar-refractivity contribution in [3.05, 3.63) is 35.9 Å². The SMILES string of the molecule is CCN1CCN(CC(NC)c2ccccc2)CC1. The van der Waals surface area contributed by atoms with Crippen LogP contribution in [0.2, 0.25) is 0 Å². The van der Waals surface area contributed by atoms with Crippen LogP contribution in [0.15, 0.2) is 30.3 Å². The van der Waals surface area contributed by atoms with E-state index in [4.69, 9.17) is 0 Å². The van der Waals surface area contributed by atoms with Crippen LogP contribution in [0.1, 0.15) is 18.5 Å². The van der Waals surface area contributed by atoms with Gasteiger partial charge in [-0.2, -0.15) is 0 Å². The van der Waals surface area contributed by atoms with Crippen molar-refractivity contribution >= 4 is 0 Å². The van der Waals surface area contributed by atoms with Gasteiger partial charge in [0, 0.05) is 38.8 Å². The number of rotatable bonds is 5. The monoisotopic (exact) mass is 247 g/mol. The molecule has 1 heterocycles. The normalized spacial score (nSPS) is 19.9. The predicted octanol–water partition coefficient (Wildman–Crippen LogP) is 1.58. The zero-order valence-electron chi connectivity index (χ0n) is 11.6. The fraction of sp³-hybridized carbons (Fsp3) is 0.600. The molecule has 3 nitrogen and oxygen atoms in total. The molecule has 2 rings (SSSR count). The average Bonchev–Trinajstić information content (AvgIpc) is 2.46. The van der Waals surface area contributed by atoms with Crippen molar-refractivity contribution in [1.29, 1.82) is 0 Å². The summed E-state index contributed by atoms with van der Waals surface area (Å²) in [4.78, 5) is 5.09. The fourth-order valence-electron chi connectivity index (χ4n) is 2.60. The number of likely N-dealkylation sites (N-methyl/N-ethyl adjacent to an activating group) is 2. The highest BCUT2D eigenvalue weighted by molar-refractivity contribution is 5.19. The number of hydrogen-bond acceptors (Lipinski definition) is 3. The lowest BCUT2D eigenvalue weighted by Crippen LogP contribution is -2.48. The van der Waals surface area contributed by atoms with Gasteiger partial charge in [0.15, 0.2) is 0 Å². The third-order valence-electron chi connectivity index (χ3n) is 3.90. The maximum Gasteiger partial charge on any atom is 0.0446 e. The minimum absolute atomic E-state index is 0.444. The second kappa shape index (κ2) is 6.88. The summed E-state index contributed by atoms with van der Waals surface area (Å²) in [6, 6.07) is 11.2. The summed E-state index contributed by atoms with van der Waals surface area (Å²) in [5.74, 6) is 0. The van der Waals surface area contributed by atoms with Gasteiger partial charge in [0.05, 0.1) is 0 Å². The molecule has 1 aliphatic rings. The van der Waals surface area contributed by atoms with Crippen LogP contribution in [0, 0.1) is 0 Å². The van der Waals surface area contributed by atoms with Crippen LogP contribution < -0.4 is 5.32 Å². The van der Waals surface area contributed by atoms with Gasteiger partial charge in [-0.1, -0.05) is 37.3 Å². The van der Waals surface area contributed by atoms with Gasteiger partial charge >= 0.3 is 0 Å². The predicted molar refractivity (Wildman–Crippen MR) is 76.8 cm³/mol. The molecule has 1 aromatic rings. The molecule has 1 saturated heterocycles. The van der Waals surface area contributed by atoms with Gasteiger partial charge in [-0.15, -0.1) is 0 Å². The van der Waals surface area contributed by atoms with Crippen molar-refractivity contribution in [1.82, 2.24) is 15.1 Å². The number of piperazine rings is 1. The molecule has 1 unspecified atom stereocenters. The van der Waals surface area contributed by atoms with E-state index in [-0.39, 0.29) is 0 Å². The van der Waals surface area contributed by atoms with E-state index in [0.717, 1.165) is 6.54 Å². The summed E-state index contributed by atoms with van der Waals surface area (Å²) in [7, 11) is 2.06. The topological polar surface area (TPSA) is 18.5 Å². The maximum absolute atomic E-state index is 3.44. The van der Waals surface area contributed by atoms with Crippen LogP contribution in [0.25, 0.3) is 0 Å². The quantitative estimate of drug-likeness (QED) is 0.852. The van der Waals surface area contributed by atoms with Crippen molar-refractivity contribution in [3.63, 3.8) is 0 Å². The molecule has 1 N–H and O–H groups in total. The second-order valence-corrected chi connectivity index (χ2v) is 4.99. The molecular formula is C15H25N3. The number of benzene rings is 1. The van der Waals surface area contributed by atoms with Crippen LogP contribution in [-0.4, -0.2) is 56.1 Å². The molecule has 3 heteroatoms. The molecule has 0 amide bonds. The van der Waals surface area contributed by atoms with Gasteiger partial charge in [0.1, 0.15) is 0 Å². The Labute approximate surface area is 111 Å². The fourth-order valence-corrected chi connectivity index (χ4v) is 2.60. The average molecular weight is 247 g/mol. The van der Waals surface area contributed by atoms with E-state index >= 15 is 0 Å². The van der Waals surface area contributed by atoms with Gasteiger partial charge in [-0.25, -0.2) is 0 Å². The molecule has 1 fully saturated rings. The Balaban J connectivity index is 1.88. The van der Waals surface area contributed by atoms with Crippen LogP contribution >= 0.6 is 0 Å². The summed E-state index contributed by atoms with van der Waals surface area (Å²) in [5.41, 5.74) is 1.39. The van der Waals surface area contributed by atoms with Crippen LogP contribution in [-0.2, 0) is 0 Å². The lowest BCUT2D eigenvalue weighted by molar-refractivity contribution is 0.128. The highest BCUT2D eigenvalue weighted by atomic mass is 15.3. The van der Waals surface area contributed by atoms with E-state index in [2.05, 4.69) is 59.4 Å². The van der Waals surface area contributed by atoms with E-state index in [0.29, 0.717) is 6.04 Å². The summed E-state index contributed by atoms with van der Waals surface area (Å²) in [5, 5.41) is 3.44. The standard InChI is InChI=1S/C15H25N3/c1-3-17-9-11-18(12-10-17)13-15(16-2)14-7-5-4-6-8-14/h4-8,15-16H,3,9-13H2,1-2H3. The van der Waals surface area contributed by atoms with E-state index in [9.17, 15) is 0 Å². The molecule has 18 heavy (non-hydrogen) atoms. The zero-order valence-corrected chi connectivity index (χ0v) is 11.6. The van der Waals surface area contributed by atoms with Gasteiger partial charge in [0.2, 0.25) is 0 Å². The van der Waals surface area contributed by atoms with Crippen molar-refractivity contribution in [2.45, 2.75) is 13.0 Å². The first-order valence-corrected chi connectivity index (χ1v) is 7.00. The Kier molecular flexibility index (Phi) is 5.17. The molecular weight excluding hydrogens is 222 g/mol. The van der Waals surface area contributed by atoms with Crippen LogP contribution in [0.5, 0.6) is 0 Å². The summed E-state index contributed by atoms with van der Waals surface area (Å²) in [6.07, 6.45) is 0. The largest absolute Gasteiger partial charge is 0.312 e. The maximum atomic E-state index is 3.44. The molecule has 0 radical (unpaired) electrons. The first-order chi connectivity index (χ1) is 8.83. The van der Waals surface area contributed by atoms with E-state index in [1.54, 1.807) is 0 Å². The molecule has 0 aromatic heterocycles. The molecule has 0 spiro atoms. The van der Waals surface area contributed by atoms with Gasteiger partial charge < -0.3 is 10.2 Å². The summed E-state index contributed by atoms with van der Waals surface area (Å²) in [6.45, 7) is 9.34. The van der Waals surface area contributed by atoms with Crippen LogP contribution in [0.3, 0.4) is 0 Å². The van der Waals surface area contributed by atoms with Gasteiger partial charge in [-0.3, -0.25) is 4.90 Å². The minimum atomic E-state index is 0.444. The van der Waals surface area contributed by atoms with Crippen molar-refractivity contribution in [2.75, 3.05) is 46.3 Å². The smallest absolute Gasteiger partial charge is 0.0446 e. The second-order valence-electron chi connectivity index (χ2n) is 4.99. The Bertz CT molecular complexity index is 331. The Morgan fingerprint density at radius 2 is 1.67 bits per heavy atom. The molecule has 100 valence electrons. The third-order valence-corrected chi connectivity index (χ3v) is 3.90. The van der Waals surface area contributed by atoms with Gasteiger partial charge in [0.25, 0.3) is 0 Å². The summed E-state index contributed by atoms with van der Waals surface area (Å²) < 4.78 is 0. The lowest BCUT2D eigenvalue weighted by Gasteiger charge is -2.36. The van der Waals surface area contributed by atoms with Crippen LogP contribution in [0.4, 0.5) is 0 Å². The number of nitrogens with one attached hydrogen (secondary N) is 1. The van der Waals surface area contributed by atoms with Crippen molar-refractivity contribution < 1.29 is 0 Å². The van der Waals surface area contributed by atoms with Crippen molar-refractivity contribution in [3.8, 4) is 0 Å². The Morgan fingerprint density at radius 1 is 1.06 bits per heavy atom. The minimum Gasteiger partial charge on any atom is -0.312 e. The summed E-state index contributed by atoms with van der Waals surface area (Å²) >= 11 is 0. The Hall–Kier alpha value is -0.900. The molecule has 0 aliphatic carbocycles. The van der Waals surface area contributed by atoms with E-state index in [1.807, 2.05) is 0 Å². The first-order valence-electron chi connectivity index (χ1n) is 7.00. The highest BCUT2D eigenvalue weighted by Gasteiger charge is 2.19. The molecule has 0 saturated carbocycles. The van der Waals surface area contributed by atoms with Crippen molar-refractivity contribution in [2.24, 2.45) is 0 Å².